The molecule has 3 fully saturated rings. The largest absolute Gasteiger partial charge is 0.485 e. The molecule has 0 N–H and O–H groups in total. The van der Waals surface area contributed by atoms with Gasteiger partial charge in [0.05, 0.1) is 6.61 Å². The van der Waals surface area contributed by atoms with Crippen LogP contribution >= 0.6 is 0 Å². The molecule has 1 aromatic heterocycles. The van der Waals surface area contributed by atoms with Crippen LogP contribution in [0.1, 0.15) is 26.2 Å². The number of likely N-dealkylation sites (tertiary alicyclic amines) is 1. The number of ether oxygens (including phenoxy) is 1. The van der Waals surface area contributed by atoms with Gasteiger partial charge in [0.25, 0.3) is 5.91 Å². The zero-order valence-corrected chi connectivity index (χ0v) is 14.8. The summed E-state index contributed by atoms with van der Waals surface area (Å²) in [6.07, 6.45) is 5.27. The van der Waals surface area contributed by atoms with Gasteiger partial charge in [-0.15, -0.1) is 0 Å². The first-order valence-corrected chi connectivity index (χ1v) is 9.31. The number of nitrogens with zero attached hydrogens (tertiary/aromatic N) is 4. The quantitative estimate of drug-likeness (QED) is 0.801. The first-order chi connectivity index (χ1) is 12.3. The maximum absolute atomic E-state index is 12.3. The Morgan fingerprint density at radius 1 is 1.32 bits per heavy atom. The molecule has 4 heterocycles. The third kappa shape index (κ3) is 3.30. The number of rotatable bonds is 5. The third-order valence-corrected chi connectivity index (χ3v) is 5.27. The third-order valence-electron chi connectivity index (χ3n) is 5.27. The van der Waals surface area contributed by atoms with Crippen molar-refractivity contribution in [1.29, 1.82) is 0 Å². The van der Waals surface area contributed by atoms with Gasteiger partial charge in [-0.25, -0.2) is 10.0 Å². The highest BCUT2D eigenvalue weighted by atomic mass is 16.7. The van der Waals surface area contributed by atoms with Crippen molar-refractivity contribution in [3.63, 3.8) is 0 Å². The highest BCUT2D eigenvalue weighted by molar-refractivity contribution is 5.82. The number of aromatic nitrogens is 1. The Kier molecular flexibility index (Phi) is 4.76. The SMILES string of the molecule is CCN1OC[C@H](N2CC[C@H](Oc3cccnc3N3CCCC3)C2)C1=O. The van der Waals surface area contributed by atoms with Crippen LogP contribution in [0.4, 0.5) is 5.82 Å². The summed E-state index contributed by atoms with van der Waals surface area (Å²) in [6.45, 7) is 6.69. The fraction of sp³-hybridized carbons (Fsp3) is 0.667. The van der Waals surface area contributed by atoms with Gasteiger partial charge in [0, 0.05) is 38.9 Å². The van der Waals surface area contributed by atoms with Gasteiger partial charge in [-0.3, -0.25) is 14.5 Å². The van der Waals surface area contributed by atoms with Crippen LogP contribution in [0.25, 0.3) is 0 Å². The van der Waals surface area contributed by atoms with E-state index in [1.54, 1.807) is 0 Å². The van der Waals surface area contributed by atoms with Crippen molar-refractivity contribution < 1.29 is 14.4 Å². The van der Waals surface area contributed by atoms with Crippen molar-refractivity contribution in [2.75, 3.05) is 44.2 Å². The van der Waals surface area contributed by atoms with Crippen molar-refractivity contribution in [3.8, 4) is 5.75 Å². The predicted octanol–water partition coefficient (Wildman–Crippen LogP) is 1.30. The molecule has 7 heteroatoms. The lowest BCUT2D eigenvalue weighted by Crippen LogP contribution is -2.42. The number of carbonyl (C=O) groups excluding carboxylic acids is 1. The first-order valence-electron chi connectivity index (χ1n) is 9.31. The van der Waals surface area contributed by atoms with E-state index < -0.39 is 0 Å². The van der Waals surface area contributed by atoms with Crippen molar-refractivity contribution in [1.82, 2.24) is 14.9 Å². The average molecular weight is 346 g/mol. The molecule has 0 bridgehead atoms. The summed E-state index contributed by atoms with van der Waals surface area (Å²) in [5, 5.41) is 1.46. The fourth-order valence-electron chi connectivity index (χ4n) is 3.92. The maximum atomic E-state index is 12.3. The summed E-state index contributed by atoms with van der Waals surface area (Å²) >= 11 is 0. The highest BCUT2D eigenvalue weighted by Crippen LogP contribution is 2.31. The molecular weight excluding hydrogens is 320 g/mol. The number of hydrogen-bond acceptors (Lipinski definition) is 6. The van der Waals surface area contributed by atoms with Gasteiger partial charge >= 0.3 is 0 Å². The van der Waals surface area contributed by atoms with Gasteiger partial charge in [-0.1, -0.05) is 0 Å². The van der Waals surface area contributed by atoms with E-state index in [2.05, 4.69) is 14.8 Å². The maximum Gasteiger partial charge on any atom is 0.265 e. The molecule has 0 unspecified atom stereocenters. The number of anilines is 1. The van der Waals surface area contributed by atoms with Crippen LogP contribution in [-0.4, -0.2) is 72.3 Å². The van der Waals surface area contributed by atoms with E-state index in [4.69, 9.17) is 9.57 Å². The Morgan fingerprint density at radius 2 is 2.16 bits per heavy atom. The minimum Gasteiger partial charge on any atom is -0.485 e. The van der Waals surface area contributed by atoms with E-state index in [0.717, 1.165) is 44.2 Å². The molecule has 3 saturated heterocycles. The Labute approximate surface area is 148 Å². The summed E-state index contributed by atoms with van der Waals surface area (Å²) in [5.74, 6) is 1.89. The summed E-state index contributed by atoms with van der Waals surface area (Å²) in [4.78, 5) is 26.8. The van der Waals surface area contributed by atoms with Crippen LogP contribution in [0.2, 0.25) is 0 Å². The monoisotopic (exact) mass is 346 g/mol. The second-order valence-corrected chi connectivity index (χ2v) is 6.89. The Balaban J connectivity index is 1.39. The normalized spacial score (nSPS) is 27.5. The van der Waals surface area contributed by atoms with Crippen LogP contribution in [0.3, 0.4) is 0 Å². The van der Waals surface area contributed by atoms with E-state index in [-0.39, 0.29) is 18.1 Å². The van der Waals surface area contributed by atoms with Crippen molar-refractivity contribution in [2.45, 2.75) is 38.3 Å². The number of hydrogen-bond donors (Lipinski definition) is 0. The first kappa shape index (κ1) is 16.6. The lowest BCUT2D eigenvalue weighted by molar-refractivity contribution is -0.160. The van der Waals surface area contributed by atoms with Crippen LogP contribution in [0.5, 0.6) is 5.75 Å². The van der Waals surface area contributed by atoms with Crippen molar-refractivity contribution in [3.05, 3.63) is 18.3 Å². The van der Waals surface area contributed by atoms with Gasteiger partial charge in [0.2, 0.25) is 0 Å². The van der Waals surface area contributed by atoms with Crippen LogP contribution in [0.15, 0.2) is 18.3 Å². The van der Waals surface area contributed by atoms with Crippen molar-refractivity contribution >= 4 is 11.7 Å². The molecule has 0 aliphatic carbocycles. The number of pyridine rings is 1. The molecule has 0 saturated carbocycles. The smallest absolute Gasteiger partial charge is 0.265 e. The molecule has 0 aromatic carbocycles. The number of carbonyl (C=O) groups is 1. The Hall–Kier alpha value is -1.86. The van der Waals surface area contributed by atoms with E-state index in [1.807, 2.05) is 25.3 Å². The molecule has 1 aromatic rings. The van der Waals surface area contributed by atoms with Gasteiger partial charge in [0.1, 0.15) is 12.1 Å². The molecule has 3 aliphatic rings. The molecule has 136 valence electrons. The molecule has 7 nitrogen and oxygen atoms in total. The lowest BCUT2D eigenvalue weighted by atomic mass is 10.2. The summed E-state index contributed by atoms with van der Waals surface area (Å²) in [5.41, 5.74) is 0. The molecule has 1 amide bonds. The summed E-state index contributed by atoms with van der Waals surface area (Å²) in [7, 11) is 0. The minimum absolute atomic E-state index is 0.0716. The second kappa shape index (κ2) is 7.17. The van der Waals surface area contributed by atoms with E-state index in [9.17, 15) is 4.79 Å². The zero-order valence-electron chi connectivity index (χ0n) is 14.8. The molecule has 25 heavy (non-hydrogen) atoms. The average Bonchev–Trinajstić information content (AvgIpc) is 3.36. The van der Waals surface area contributed by atoms with E-state index >= 15 is 0 Å². The molecule has 0 radical (unpaired) electrons. The summed E-state index contributed by atoms with van der Waals surface area (Å²) < 4.78 is 6.29. The van der Waals surface area contributed by atoms with E-state index in [0.29, 0.717) is 13.2 Å². The van der Waals surface area contributed by atoms with Gasteiger partial charge in [-0.2, -0.15) is 0 Å². The summed E-state index contributed by atoms with van der Waals surface area (Å²) in [6, 6.07) is 3.77. The van der Waals surface area contributed by atoms with Crippen molar-refractivity contribution in [2.24, 2.45) is 0 Å². The van der Waals surface area contributed by atoms with Crippen LogP contribution in [0, 0.1) is 0 Å². The Bertz CT molecular complexity index is 620. The van der Waals surface area contributed by atoms with Crippen LogP contribution < -0.4 is 9.64 Å². The van der Waals surface area contributed by atoms with Gasteiger partial charge in [-0.05, 0) is 38.3 Å². The van der Waals surface area contributed by atoms with E-state index in [1.165, 1.54) is 17.9 Å². The fourth-order valence-corrected chi connectivity index (χ4v) is 3.92. The second-order valence-electron chi connectivity index (χ2n) is 6.89. The molecule has 2 atom stereocenters. The molecule has 0 spiro atoms. The molecular formula is C18H26N4O3. The standard InChI is InChI=1S/C18H26N4O3/c1-2-22-18(23)15(13-24-22)21-11-7-14(12-21)25-16-6-5-8-19-17(16)20-9-3-4-10-20/h5-6,8,14-15H,2-4,7,9-13H2,1H3/t14-,15-/m0/s1. The molecule has 3 aliphatic heterocycles. The molecule has 4 rings (SSSR count). The van der Waals surface area contributed by atoms with Crippen LogP contribution in [-0.2, 0) is 9.63 Å². The minimum atomic E-state index is -0.166. The Morgan fingerprint density at radius 3 is 2.92 bits per heavy atom. The topological polar surface area (TPSA) is 58.1 Å². The predicted molar refractivity (Wildman–Crippen MR) is 93.4 cm³/mol. The zero-order chi connectivity index (χ0) is 17.2. The number of hydroxylamine groups is 2. The van der Waals surface area contributed by atoms with Gasteiger partial charge < -0.3 is 9.64 Å². The highest BCUT2D eigenvalue weighted by Gasteiger charge is 2.40. The lowest BCUT2D eigenvalue weighted by Gasteiger charge is -2.23. The van der Waals surface area contributed by atoms with Gasteiger partial charge in [0.15, 0.2) is 11.6 Å². The number of amides is 1. The number of likely N-dealkylation sites (N-methyl/N-ethyl adjacent to an activating group) is 1.